The van der Waals surface area contributed by atoms with Crippen molar-refractivity contribution in [3.8, 4) is 11.5 Å². The van der Waals surface area contributed by atoms with E-state index in [-0.39, 0.29) is 12.4 Å². The molecule has 1 heterocycles. The highest BCUT2D eigenvalue weighted by molar-refractivity contribution is 6.31. The maximum atomic E-state index is 6.31. The number of benzene rings is 2. The van der Waals surface area contributed by atoms with E-state index >= 15 is 0 Å². The van der Waals surface area contributed by atoms with Crippen LogP contribution in [0.5, 0.6) is 11.5 Å². The van der Waals surface area contributed by atoms with E-state index in [4.69, 9.17) is 21.1 Å². The quantitative estimate of drug-likeness (QED) is 0.752. The molecule has 0 N–H and O–H groups in total. The molecule has 0 unspecified atom stereocenters. The van der Waals surface area contributed by atoms with Crippen molar-refractivity contribution in [3.05, 3.63) is 58.1 Å². The summed E-state index contributed by atoms with van der Waals surface area (Å²) in [5.74, 6) is 1.56. The molecule has 0 aliphatic carbocycles. The molecular formula is C19H21Cl2NO2. The van der Waals surface area contributed by atoms with E-state index < -0.39 is 0 Å². The molecule has 2 aromatic carbocycles. The van der Waals surface area contributed by atoms with Gasteiger partial charge in [-0.2, -0.15) is 0 Å². The minimum Gasteiger partial charge on any atom is -1.00 e. The van der Waals surface area contributed by atoms with Crippen LogP contribution in [-0.4, -0.2) is 31.1 Å². The highest BCUT2D eigenvalue weighted by atomic mass is 35.5. The van der Waals surface area contributed by atoms with E-state index in [0.717, 1.165) is 41.6 Å². The van der Waals surface area contributed by atoms with Gasteiger partial charge in [0.05, 0.1) is 19.2 Å². The first-order valence-corrected chi connectivity index (χ1v) is 8.09. The van der Waals surface area contributed by atoms with Gasteiger partial charge in [0.15, 0.2) is 23.8 Å². The van der Waals surface area contributed by atoms with Crippen molar-refractivity contribution in [2.45, 2.75) is 19.9 Å². The van der Waals surface area contributed by atoms with E-state index in [1.807, 2.05) is 18.2 Å². The van der Waals surface area contributed by atoms with Gasteiger partial charge >= 0.3 is 0 Å². The molecular weight excluding hydrogens is 345 g/mol. The minimum absolute atomic E-state index is 0. The Morgan fingerprint density at radius 3 is 2.42 bits per heavy atom. The van der Waals surface area contributed by atoms with Crippen LogP contribution in [0.25, 0.3) is 0 Å². The highest BCUT2D eigenvalue weighted by Crippen LogP contribution is 2.32. The van der Waals surface area contributed by atoms with Crippen molar-refractivity contribution in [1.29, 1.82) is 0 Å². The van der Waals surface area contributed by atoms with E-state index in [1.165, 1.54) is 16.8 Å². The third kappa shape index (κ3) is 3.52. The zero-order chi connectivity index (χ0) is 16.4. The van der Waals surface area contributed by atoms with E-state index in [9.17, 15) is 0 Å². The Morgan fingerprint density at radius 1 is 1.08 bits per heavy atom. The molecule has 0 fully saturated rings. The Kier molecular flexibility index (Phi) is 6.14. The van der Waals surface area contributed by atoms with Gasteiger partial charge in [-0.15, -0.1) is 0 Å². The summed E-state index contributed by atoms with van der Waals surface area (Å²) < 4.78 is 13.2. The predicted octanol–water partition coefficient (Wildman–Crippen LogP) is 0.939. The number of hydrogen-bond acceptors (Lipinski definition) is 2. The fraction of sp³-hybridized carbons (Fsp3) is 0.316. The summed E-state index contributed by atoms with van der Waals surface area (Å²) in [6.07, 6.45) is 0.984. The molecule has 0 bridgehead atoms. The lowest BCUT2D eigenvalue weighted by molar-refractivity contribution is -0.545. The first kappa shape index (κ1) is 18.6. The number of methoxy groups -OCH3 is 2. The summed E-state index contributed by atoms with van der Waals surface area (Å²) in [5, 5.41) is 0.818. The molecule has 0 saturated heterocycles. The van der Waals surface area contributed by atoms with Crippen molar-refractivity contribution in [2.24, 2.45) is 0 Å². The van der Waals surface area contributed by atoms with Gasteiger partial charge in [0, 0.05) is 24.5 Å². The van der Waals surface area contributed by atoms with Crippen LogP contribution in [0.15, 0.2) is 36.4 Å². The Balaban J connectivity index is 0.00000208. The van der Waals surface area contributed by atoms with Gasteiger partial charge in [-0.1, -0.05) is 29.8 Å². The molecule has 0 amide bonds. The van der Waals surface area contributed by atoms with Crippen LogP contribution in [-0.2, 0) is 13.0 Å². The normalized spacial score (nSPS) is 13.2. The molecule has 24 heavy (non-hydrogen) atoms. The van der Waals surface area contributed by atoms with Gasteiger partial charge < -0.3 is 21.9 Å². The Bertz CT molecular complexity index is 772. The molecule has 0 radical (unpaired) electrons. The van der Waals surface area contributed by atoms with Gasteiger partial charge in [-0.05, 0) is 23.8 Å². The third-order valence-electron chi connectivity index (χ3n) is 4.44. The average Bonchev–Trinajstić information content (AvgIpc) is 2.58. The summed E-state index contributed by atoms with van der Waals surface area (Å²) >= 11 is 6.31. The molecule has 1 aliphatic heterocycles. The number of nitrogens with zero attached hydrogens (tertiary/aromatic N) is 1. The van der Waals surface area contributed by atoms with E-state index in [2.05, 4.69) is 29.7 Å². The summed E-state index contributed by atoms with van der Waals surface area (Å²) in [6, 6.07) is 12.2. The second-order valence-corrected chi connectivity index (χ2v) is 6.12. The maximum absolute atomic E-state index is 6.31. The molecule has 2 aromatic rings. The SMILES string of the molecule is COc1cc2c(cc1OC)C(C)=[N+](Cc1ccccc1Cl)CC2.[Cl-]. The summed E-state index contributed by atoms with van der Waals surface area (Å²) in [5.41, 5.74) is 4.92. The van der Waals surface area contributed by atoms with Gasteiger partial charge in [0.25, 0.3) is 0 Å². The molecule has 3 rings (SSSR count). The predicted molar refractivity (Wildman–Crippen MR) is 93.3 cm³/mol. The molecule has 0 aromatic heterocycles. The average molecular weight is 366 g/mol. The van der Waals surface area contributed by atoms with Crippen molar-refractivity contribution in [3.63, 3.8) is 0 Å². The summed E-state index contributed by atoms with van der Waals surface area (Å²) in [6.45, 7) is 3.94. The minimum atomic E-state index is 0. The van der Waals surface area contributed by atoms with Crippen molar-refractivity contribution in [2.75, 3.05) is 20.8 Å². The zero-order valence-electron chi connectivity index (χ0n) is 14.1. The fourth-order valence-electron chi connectivity index (χ4n) is 3.09. The monoisotopic (exact) mass is 365 g/mol. The third-order valence-corrected chi connectivity index (χ3v) is 4.81. The van der Waals surface area contributed by atoms with Crippen LogP contribution in [0.3, 0.4) is 0 Å². The molecule has 0 saturated carbocycles. The van der Waals surface area contributed by atoms with Gasteiger partial charge in [0.1, 0.15) is 6.54 Å². The highest BCUT2D eigenvalue weighted by Gasteiger charge is 2.25. The second kappa shape index (κ2) is 7.91. The number of ether oxygens (including phenoxy) is 2. The largest absolute Gasteiger partial charge is 1.00 e. The Labute approximate surface area is 154 Å². The lowest BCUT2D eigenvalue weighted by atomic mass is 9.96. The van der Waals surface area contributed by atoms with Crippen LogP contribution in [0.4, 0.5) is 0 Å². The standard InChI is InChI=1S/C19H21ClNO2.ClH/c1-13-16-11-19(23-3)18(22-2)10-14(16)8-9-21(13)12-15-6-4-5-7-17(15)20;/h4-7,10-11H,8-9,12H2,1-3H3;1H/q+1;/p-1. The number of fused-ring (bicyclic) bond motifs is 1. The molecule has 5 heteroatoms. The van der Waals surface area contributed by atoms with Crippen LogP contribution < -0.4 is 21.9 Å². The topological polar surface area (TPSA) is 21.5 Å². The Morgan fingerprint density at radius 2 is 1.75 bits per heavy atom. The van der Waals surface area contributed by atoms with Crippen molar-refractivity contribution in [1.82, 2.24) is 0 Å². The van der Waals surface area contributed by atoms with Gasteiger partial charge in [-0.25, -0.2) is 4.58 Å². The Hall–Kier alpha value is -1.71. The first-order chi connectivity index (χ1) is 11.1. The number of hydrogen-bond donors (Lipinski definition) is 0. The van der Waals surface area contributed by atoms with Gasteiger partial charge in [0.2, 0.25) is 0 Å². The van der Waals surface area contributed by atoms with Crippen LogP contribution in [0.1, 0.15) is 23.6 Å². The van der Waals surface area contributed by atoms with Crippen molar-refractivity contribution < 1.29 is 26.5 Å². The molecule has 3 nitrogen and oxygen atoms in total. The number of halogens is 2. The lowest BCUT2D eigenvalue weighted by Gasteiger charge is -2.19. The molecule has 0 atom stereocenters. The van der Waals surface area contributed by atoms with E-state index in [1.54, 1.807) is 14.2 Å². The fourth-order valence-corrected chi connectivity index (χ4v) is 3.28. The molecule has 0 spiro atoms. The van der Waals surface area contributed by atoms with Crippen LogP contribution in [0, 0.1) is 0 Å². The lowest BCUT2D eigenvalue weighted by Crippen LogP contribution is -3.00. The second-order valence-electron chi connectivity index (χ2n) is 5.71. The van der Waals surface area contributed by atoms with Crippen LogP contribution in [0.2, 0.25) is 5.02 Å². The zero-order valence-corrected chi connectivity index (χ0v) is 15.6. The smallest absolute Gasteiger partial charge is 0.180 e. The summed E-state index contributed by atoms with van der Waals surface area (Å²) in [7, 11) is 3.34. The molecule has 128 valence electrons. The first-order valence-electron chi connectivity index (χ1n) is 7.71. The van der Waals surface area contributed by atoms with Gasteiger partial charge in [-0.3, -0.25) is 0 Å². The summed E-state index contributed by atoms with van der Waals surface area (Å²) in [4.78, 5) is 0. The molecule has 1 aliphatic rings. The van der Waals surface area contributed by atoms with Crippen LogP contribution >= 0.6 is 11.6 Å². The van der Waals surface area contributed by atoms with Crippen molar-refractivity contribution >= 4 is 17.3 Å². The number of rotatable bonds is 4. The maximum Gasteiger partial charge on any atom is 0.180 e. The van der Waals surface area contributed by atoms with E-state index in [0.29, 0.717) is 0 Å².